The normalized spacial score (nSPS) is 19.4. The lowest BCUT2D eigenvalue weighted by Gasteiger charge is -2.21. The lowest BCUT2D eigenvalue weighted by molar-refractivity contribution is 0.354. The highest BCUT2D eigenvalue weighted by atomic mass is 79.9. The maximum atomic E-state index is 3.70. The minimum Gasteiger partial charge on any atom is -0.310 e. The number of aryl methyl sites for hydroxylation is 1. The van der Waals surface area contributed by atoms with Crippen LogP contribution in [0.1, 0.15) is 50.8 Å². The minimum absolute atomic E-state index is 0.425. The molecule has 0 spiro atoms. The summed E-state index contributed by atoms with van der Waals surface area (Å²) in [7, 11) is 0. The summed E-state index contributed by atoms with van der Waals surface area (Å²) < 4.78 is 1.20. The Kier molecular flexibility index (Phi) is 3.94. The molecule has 0 aromatic heterocycles. The molecule has 0 heterocycles. The van der Waals surface area contributed by atoms with E-state index in [4.69, 9.17) is 0 Å². The van der Waals surface area contributed by atoms with Gasteiger partial charge in [0, 0.05) is 10.5 Å². The maximum Gasteiger partial charge on any atom is 0.0326 e. The van der Waals surface area contributed by atoms with Gasteiger partial charge in [-0.15, -0.1) is 0 Å². The van der Waals surface area contributed by atoms with Gasteiger partial charge in [-0.25, -0.2) is 0 Å². The van der Waals surface area contributed by atoms with Gasteiger partial charge in [0.1, 0.15) is 0 Å². The fourth-order valence-corrected chi connectivity index (χ4v) is 2.83. The van der Waals surface area contributed by atoms with Crippen molar-refractivity contribution in [3.8, 4) is 0 Å². The molecule has 1 nitrogen and oxygen atoms in total. The molecule has 2 rings (SSSR count). The summed E-state index contributed by atoms with van der Waals surface area (Å²) in [4.78, 5) is 0. The van der Waals surface area contributed by atoms with Crippen molar-refractivity contribution in [3.05, 3.63) is 33.8 Å². The zero-order valence-electron chi connectivity index (χ0n) is 11.0. The Balaban J connectivity index is 1.94. The third kappa shape index (κ3) is 3.56. The molecule has 94 valence electrons. The molecule has 1 aliphatic carbocycles. The molecular weight excluding hydrogens is 274 g/mol. The van der Waals surface area contributed by atoms with Crippen LogP contribution in [-0.2, 0) is 6.42 Å². The molecule has 0 fully saturated rings. The van der Waals surface area contributed by atoms with E-state index in [2.05, 4.69) is 60.2 Å². The van der Waals surface area contributed by atoms with Gasteiger partial charge in [-0.2, -0.15) is 0 Å². The van der Waals surface area contributed by atoms with E-state index in [-0.39, 0.29) is 0 Å². The Labute approximate surface area is 113 Å². The molecule has 0 amide bonds. The van der Waals surface area contributed by atoms with Crippen LogP contribution in [0.25, 0.3) is 0 Å². The largest absolute Gasteiger partial charge is 0.310 e. The molecule has 1 aromatic rings. The van der Waals surface area contributed by atoms with E-state index in [9.17, 15) is 0 Å². The molecule has 0 saturated heterocycles. The molecule has 1 aromatic carbocycles. The van der Waals surface area contributed by atoms with E-state index < -0.39 is 0 Å². The number of hydrogen-bond acceptors (Lipinski definition) is 1. The van der Waals surface area contributed by atoms with E-state index in [1.54, 1.807) is 0 Å². The van der Waals surface area contributed by atoms with Crippen LogP contribution in [0.5, 0.6) is 0 Å². The second-order valence-corrected chi connectivity index (χ2v) is 7.11. The lowest BCUT2D eigenvalue weighted by atomic mass is 9.92. The number of halogens is 1. The number of benzene rings is 1. The van der Waals surface area contributed by atoms with Crippen molar-refractivity contribution < 1.29 is 0 Å². The first kappa shape index (κ1) is 13.1. The second kappa shape index (κ2) is 5.11. The van der Waals surface area contributed by atoms with Crippen LogP contribution in [0.15, 0.2) is 22.7 Å². The van der Waals surface area contributed by atoms with E-state index in [0.717, 1.165) is 6.54 Å². The molecule has 0 aliphatic heterocycles. The van der Waals surface area contributed by atoms with Gasteiger partial charge < -0.3 is 5.32 Å². The molecule has 1 unspecified atom stereocenters. The summed E-state index contributed by atoms with van der Waals surface area (Å²) in [5.74, 6) is 0. The Morgan fingerprint density at radius 2 is 2.12 bits per heavy atom. The molecule has 1 aliphatic rings. The Morgan fingerprint density at radius 1 is 1.35 bits per heavy atom. The second-order valence-electron chi connectivity index (χ2n) is 6.20. The SMILES string of the molecule is CC(C)(C)CCNC1CCc2cc(Br)ccc21. The van der Waals surface area contributed by atoms with E-state index >= 15 is 0 Å². The maximum absolute atomic E-state index is 3.70. The zero-order valence-corrected chi connectivity index (χ0v) is 12.6. The molecule has 17 heavy (non-hydrogen) atoms. The summed E-state index contributed by atoms with van der Waals surface area (Å²) in [6, 6.07) is 7.25. The first-order chi connectivity index (χ1) is 7.96. The molecule has 0 radical (unpaired) electrons. The van der Waals surface area contributed by atoms with E-state index in [1.165, 1.54) is 34.9 Å². The van der Waals surface area contributed by atoms with Crippen LogP contribution in [0.2, 0.25) is 0 Å². The highest BCUT2D eigenvalue weighted by Gasteiger charge is 2.22. The lowest BCUT2D eigenvalue weighted by Crippen LogP contribution is -2.24. The summed E-state index contributed by atoms with van der Waals surface area (Å²) in [6.45, 7) is 8.01. The van der Waals surface area contributed by atoms with Gasteiger partial charge in [0.25, 0.3) is 0 Å². The van der Waals surface area contributed by atoms with Crippen LogP contribution >= 0.6 is 15.9 Å². The van der Waals surface area contributed by atoms with E-state index in [0.29, 0.717) is 11.5 Å². The summed E-state index contributed by atoms with van der Waals surface area (Å²) in [5.41, 5.74) is 3.43. The van der Waals surface area contributed by atoms with Crippen molar-refractivity contribution in [2.45, 2.75) is 46.1 Å². The van der Waals surface area contributed by atoms with Gasteiger partial charge in [-0.05, 0) is 54.5 Å². The van der Waals surface area contributed by atoms with Crippen molar-refractivity contribution in [3.63, 3.8) is 0 Å². The minimum atomic E-state index is 0.425. The van der Waals surface area contributed by atoms with Gasteiger partial charge >= 0.3 is 0 Å². The average molecular weight is 296 g/mol. The first-order valence-corrected chi connectivity index (χ1v) is 7.27. The summed E-state index contributed by atoms with van der Waals surface area (Å²) >= 11 is 3.54. The molecular formula is C15H22BrN. The third-order valence-corrected chi connectivity index (χ3v) is 3.94. The van der Waals surface area contributed by atoms with Crippen LogP contribution in [-0.4, -0.2) is 6.54 Å². The number of hydrogen-bond donors (Lipinski definition) is 1. The fourth-order valence-electron chi connectivity index (χ4n) is 2.42. The Bertz CT molecular complexity index is 392. The van der Waals surface area contributed by atoms with Gasteiger partial charge in [-0.1, -0.05) is 42.8 Å². The number of nitrogens with one attached hydrogen (secondary N) is 1. The van der Waals surface area contributed by atoms with Gasteiger partial charge in [0.15, 0.2) is 0 Å². The van der Waals surface area contributed by atoms with Crippen LogP contribution in [0.4, 0.5) is 0 Å². The van der Waals surface area contributed by atoms with Crippen molar-refractivity contribution in [1.82, 2.24) is 5.32 Å². The average Bonchev–Trinajstić information content (AvgIpc) is 2.59. The van der Waals surface area contributed by atoms with Crippen molar-refractivity contribution in [2.75, 3.05) is 6.54 Å². The van der Waals surface area contributed by atoms with Gasteiger partial charge in [0.2, 0.25) is 0 Å². The molecule has 1 atom stereocenters. The summed E-state index contributed by atoms with van der Waals surface area (Å²) in [6.07, 6.45) is 3.69. The number of fused-ring (bicyclic) bond motifs is 1. The standard InChI is InChI=1S/C15H22BrN/c1-15(2,3)8-9-17-14-7-4-11-10-12(16)5-6-13(11)14/h5-6,10,14,17H,4,7-9H2,1-3H3. The van der Waals surface area contributed by atoms with Crippen LogP contribution in [0.3, 0.4) is 0 Å². The fraction of sp³-hybridized carbons (Fsp3) is 0.600. The molecule has 0 saturated carbocycles. The highest BCUT2D eigenvalue weighted by Crippen LogP contribution is 2.33. The number of rotatable bonds is 3. The van der Waals surface area contributed by atoms with Gasteiger partial charge in [-0.3, -0.25) is 0 Å². The van der Waals surface area contributed by atoms with Gasteiger partial charge in [0.05, 0.1) is 0 Å². The molecule has 0 bridgehead atoms. The quantitative estimate of drug-likeness (QED) is 0.868. The Hall–Kier alpha value is -0.340. The first-order valence-electron chi connectivity index (χ1n) is 6.47. The third-order valence-electron chi connectivity index (χ3n) is 3.45. The van der Waals surface area contributed by atoms with Crippen molar-refractivity contribution >= 4 is 15.9 Å². The molecule has 2 heteroatoms. The van der Waals surface area contributed by atoms with Crippen molar-refractivity contribution in [2.24, 2.45) is 5.41 Å². The molecule has 1 N–H and O–H groups in total. The van der Waals surface area contributed by atoms with Crippen LogP contribution < -0.4 is 5.32 Å². The smallest absolute Gasteiger partial charge is 0.0326 e. The predicted molar refractivity (Wildman–Crippen MR) is 77.3 cm³/mol. The Morgan fingerprint density at radius 3 is 2.82 bits per heavy atom. The monoisotopic (exact) mass is 295 g/mol. The summed E-state index contributed by atoms with van der Waals surface area (Å²) in [5, 5.41) is 3.70. The predicted octanol–water partition coefficient (Wildman–Crippen LogP) is 4.46. The van der Waals surface area contributed by atoms with Crippen molar-refractivity contribution in [1.29, 1.82) is 0 Å². The topological polar surface area (TPSA) is 12.0 Å². The highest BCUT2D eigenvalue weighted by molar-refractivity contribution is 9.10. The van der Waals surface area contributed by atoms with Crippen LogP contribution in [0, 0.1) is 5.41 Å². The zero-order chi connectivity index (χ0) is 12.5. The van der Waals surface area contributed by atoms with E-state index in [1.807, 2.05) is 0 Å².